The molecule has 117 heavy (non-hydrogen) atoms. The number of para-hydroxylation sites is 2. The number of ether oxygens (including phenoxy) is 9. The number of carbonyl (C=O) groups is 3. The third kappa shape index (κ3) is 20.5. The highest BCUT2D eigenvalue weighted by Crippen LogP contribution is 2.52. The number of pyridine rings is 1. The number of aromatic nitrogens is 1. The zero-order chi connectivity index (χ0) is 83.0. The number of rotatable bonds is 23. The Morgan fingerprint density at radius 1 is 0.504 bits per heavy atom. The van der Waals surface area contributed by atoms with Crippen molar-refractivity contribution in [2.24, 2.45) is 16.2 Å². The van der Waals surface area contributed by atoms with Gasteiger partial charge in [0.1, 0.15) is 23.0 Å². The number of esters is 2. The van der Waals surface area contributed by atoms with E-state index in [0.717, 1.165) is 134 Å². The fourth-order valence-corrected chi connectivity index (χ4v) is 14.0. The van der Waals surface area contributed by atoms with Crippen LogP contribution in [0.1, 0.15) is 199 Å². The van der Waals surface area contributed by atoms with Gasteiger partial charge in [0.25, 0.3) is 0 Å². The van der Waals surface area contributed by atoms with Crippen molar-refractivity contribution in [2.75, 3.05) is 57.9 Å². The minimum absolute atomic E-state index is 0. The van der Waals surface area contributed by atoms with Gasteiger partial charge in [-0.2, -0.15) is 0 Å². The number of nitrogens with zero attached hydrogens (tertiary/aromatic N) is 2. The number of aromatic carboxylic acids is 1. The molecule has 4 saturated heterocycles. The first-order valence-electron chi connectivity index (χ1n) is 41.0. The van der Waals surface area contributed by atoms with Crippen LogP contribution in [0.25, 0.3) is 43.4 Å². The summed E-state index contributed by atoms with van der Waals surface area (Å²) in [5, 5.41) is 30.2. The number of anilines is 2. The van der Waals surface area contributed by atoms with Crippen molar-refractivity contribution in [1.82, 2.24) is 4.57 Å². The van der Waals surface area contributed by atoms with Crippen molar-refractivity contribution in [1.29, 1.82) is 0 Å². The predicted molar refractivity (Wildman–Crippen MR) is 464 cm³/mol. The van der Waals surface area contributed by atoms with Gasteiger partial charge in [0.05, 0.1) is 71.8 Å². The number of aryl methyl sites for hydroxylation is 2. The fourth-order valence-electron chi connectivity index (χ4n) is 14.0. The first kappa shape index (κ1) is 89.0. The van der Waals surface area contributed by atoms with E-state index >= 15 is 0 Å². The van der Waals surface area contributed by atoms with Crippen LogP contribution in [0, 0.1) is 16.2 Å². The summed E-state index contributed by atoms with van der Waals surface area (Å²) in [6.45, 7) is 30.5. The number of benzene rings is 10. The molecule has 0 saturated carbocycles. The number of carbonyl (C=O) groups excluding carboxylic acids is 2. The number of hydrogen-bond donors (Lipinski definition) is 3. The Labute approximate surface area is 690 Å². The van der Waals surface area contributed by atoms with E-state index in [1.54, 1.807) is 18.2 Å². The first-order valence-corrected chi connectivity index (χ1v) is 41.0. The summed E-state index contributed by atoms with van der Waals surface area (Å²) in [4.78, 5) is 51.1. The van der Waals surface area contributed by atoms with Crippen molar-refractivity contribution < 1.29 is 80.7 Å². The van der Waals surface area contributed by atoms with Crippen molar-refractivity contribution in [3.63, 3.8) is 0 Å². The Hall–Kier alpha value is -10.3. The van der Waals surface area contributed by atoms with Gasteiger partial charge in [-0.15, -0.1) is 0 Å². The van der Waals surface area contributed by atoms with Gasteiger partial charge in [0, 0.05) is 46.1 Å². The molecular weight excluding hydrogens is 1480 g/mol. The van der Waals surface area contributed by atoms with E-state index in [9.17, 15) is 19.2 Å². The molecule has 0 aliphatic carbocycles. The van der Waals surface area contributed by atoms with Crippen molar-refractivity contribution in [3.05, 3.63) is 261 Å². The van der Waals surface area contributed by atoms with Gasteiger partial charge in [0.2, 0.25) is 5.79 Å². The van der Waals surface area contributed by atoms with Crippen LogP contribution >= 0.6 is 0 Å². The smallest absolute Gasteiger partial charge is 0.478 e. The van der Waals surface area contributed by atoms with Crippen molar-refractivity contribution in [3.8, 4) is 23.0 Å². The van der Waals surface area contributed by atoms with Crippen LogP contribution in [0.5, 0.6) is 23.0 Å². The maximum Gasteiger partial charge on any atom is 1.00 e. The van der Waals surface area contributed by atoms with Crippen molar-refractivity contribution in [2.45, 2.75) is 178 Å². The molecule has 0 radical (unpaired) electrons. The molecule has 19 nitrogen and oxygen atoms in total. The minimum atomic E-state index is -1.07. The molecule has 1 aromatic heterocycles. The van der Waals surface area contributed by atoms with E-state index in [2.05, 4.69) is 120 Å². The maximum absolute atomic E-state index is 12.9. The molecule has 2 bridgehead atoms. The second kappa shape index (κ2) is 39.8. The molecule has 2 unspecified atom stereocenters. The molecule has 620 valence electrons. The lowest BCUT2D eigenvalue weighted by atomic mass is 9.85. The van der Waals surface area contributed by atoms with Crippen LogP contribution in [0.3, 0.4) is 0 Å². The van der Waals surface area contributed by atoms with Gasteiger partial charge in [-0.1, -0.05) is 159 Å². The van der Waals surface area contributed by atoms with Gasteiger partial charge in [0.15, 0.2) is 18.9 Å². The van der Waals surface area contributed by atoms with Crippen LogP contribution in [0.2, 0.25) is 0 Å². The Morgan fingerprint density at radius 3 is 1.51 bits per heavy atom. The largest absolute Gasteiger partial charge is 1.00 e. The van der Waals surface area contributed by atoms with E-state index < -0.39 is 28.6 Å². The van der Waals surface area contributed by atoms with Gasteiger partial charge in [-0.05, 0) is 250 Å². The molecule has 6 heterocycles. The standard InChI is InChI=1S/C27H30O4.C25H31NO4.C22H25NO3.C21H20O3.C3H8O2.H2O/c1-4-19(3)20-7-11-24(12-8-20)31-25-13-9-21-14-23(10-6-22(21)15-25)27-28-16-26(5-2,17-29-27)18-30-27;1-5-18-12-13-22-20(16-18)25(29-14-9-15-30-25)19-10-7-8-11-21(19)26(22)17-28-23(27)24(3,4)6-2;1-5-15-11-12-19-17(13-15)20(24)16-9-7-8-10-18(16)23(19)14-26-21(25)22(3,4)6-2;1-3-14(2)15-6-9-19(10-7-15)24-20-11-8-16-12-18(21(22)23)5-4-17(16)13-20;4-2-1-3-5;/h6-15,19H,4-5,16-18H2,1-3H3;7-8,10-13,16H,5-6,9,14-15,17H2,1-4H3;7-13H,5-6,14H2,1-4H3;4-14H,3H2,1-2H3,(H,22,23);4-5H,1-3H2;1H2/p+2. The third-order valence-corrected chi connectivity index (χ3v) is 23.1. The van der Waals surface area contributed by atoms with E-state index in [1.807, 2.05) is 167 Å². The molecule has 10 aromatic carbocycles. The molecule has 4 fully saturated rings. The summed E-state index contributed by atoms with van der Waals surface area (Å²) in [5.41, 5.74) is 10.5. The van der Waals surface area contributed by atoms with E-state index in [4.69, 9.17) is 58.0 Å². The zero-order valence-electron chi connectivity index (χ0n) is 72.1. The normalized spacial score (nSPS) is 16.9. The topological polar surface area (TPSA) is 252 Å². The van der Waals surface area contributed by atoms with Gasteiger partial charge < -0.3 is 72.9 Å². The Kier molecular flexibility index (Phi) is 30.2. The zero-order valence-corrected chi connectivity index (χ0v) is 70.1. The SMILES string of the molecule is CCC(C)c1ccc(Oc2ccc3cc(C(=O)O)ccc3c2)cc1.CCC(C)c1ccc(Oc2ccc3cc(C45OCC(CC)(CO4)CO5)ccc3c2)cc1.CCc1ccc2c(c1)C1(OCCCO1)c1ccccc1N2COC(=O)C(C)(C)CC.CCc1ccc2c(c1)c(=O)c1ccccc1n2COC(=O)C(C)(C)CC.O.OCCCO.[H+].[H+]. The summed E-state index contributed by atoms with van der Waals surface area (Å²) in [6.07, 6.45) is 7.83. The summed E-state index contributed by atoms with van der Waals surface area (Å²) >= 11 is 0. The van der Waals surface area contributed by atoms with Crippen LogP contribution in [0.4, 0.5) is 11.4 Å². The lowest BCUT2D eigenvalue weighted by Crippen LogP contribution is -2.58. The Balaban J connectivity index is 0.000000193. The van der Waals surface area contributed by atoms with E-state index in [-0.39, 0.29) is 63.4 Å². The summed E-state index contributed by atoms with van der Waals surface area (Å²) in [7, 11) is 0. The number of aliphatic hydroxyl groups is 2. The molecule has 5 N–H and O–H groups in total. The quantitative estimate of drug-likeness (QED) is 0.0397. The highest BCUT2D eigenvalue weighted by Gasteiger charge is 2.53. The van der Waals surface area contributed by atoms with Crippen molar-refractivity contribution >= 4 is 72.6 Å². The highest BCUT2D eigenvalue weighted by molar-refractivity contribution is 5.96. The van der Waals surface area contributed by atoms with Gasteiger partial charge >= 0.3 is 26.7 Å². The van der Waals surface area contributed by atoms with Crippen LogP contribution in [0.15, 0.2) is 211 Å². The average molecular weight is 1600 g/mol. The fraction of sp³-hybridized carbons (Fsp3) is 0.388. The number of fused-ring (bicyclic) bond motifs is 11. The number of carboxylic acids is 1. The summed E-state index contributed by atoms with van der Waals surface area (Å²) in [6, 6.07) is 67.4. The molecule has 5 aliphatic heterocycles. The summed E-state index contributed by atoms with van der Waals surface area (Å²) < 4.78 is 56.2. The predicted octanol–water partition coefficient (Wildman–Crippen LogP) is 21.3. The lowest BCUT2D eigenvalue weighted by molar-refractivity contribution is -0.480. The van der Waals surface area contributed by atoms with Crippen LogP contribution in [-0.2, 0) is 74.1 Å². The molecule has 5 aliphatic rings. The van der Waals surface area contributed by atoms with Gasteiger partial charge in [-0.25, -0.2) is 4.79 Å². The first-order chi connectivity index (χ1) is 55.8. The third-order valence-electron chi connectivity index (χ3n) is 23.1. The molecule has 0 amide bonds. The number of hydrogen-bond acceptors (Lipinski definition) is 16. The minimum Gasteiger partial charge on any atom is -0.478 e. The second-order valence-corrected chi connectivity index (χ2v) is 31.7. The number of carboxylic acid groups (broad SMARTS) is 1. The monoisotopic (exact) mass is 1590 g/mol. The number of aliphatic hydroxyl groups excluding tert-OH is 2. The molecular formula is C98H118N2O17+2. The van der Waals surface area contributed by atoms with E-state index in [1.165, 1.54) is 16.7 Å². The van der Waals surface area contributed by atoms with Crippen LogP contribution < -0.4 is 19.8 Å². The molecule has 19 heteroatoms. The maximum atomic E-state index is 12.9. The highest BCUT2D eigenvalue weighted by atomic mass is 16.9. The Morgan fingerprint density at radius 2 is 0.983 bits per heavy atom. The molecule has 1 spiro atoms. The molecule has 16 rings (SSSR count). The van der Waals surface area contributed by atoms with E-state index in [0.29, 0.717) is 68.5 Å². The van der Waals surface area contributed by atoms with Crippen LogP contribution in [-0.4, -0.2) is 96.2 Å². The molecule has 2 atom stereocenters. The van der Waals surface area contributed by atoms with Gasteiger partial charge in [-0.3, -0.25) is 14.4 Å². The lowest BCUT2D eigenvalue weighted by Gasteiger charge is -2.51. The summed E-state index contributed by atoms with van der Waals surface area (Å²) in [5.74, 6) is 0.971. The average Bonchev–Trinajstić information content (AvgIpc) is 0.709. The Bertz CT molecular complexity index is 5250. The molecule has 11 aromatic rings. The second-order valence-electron chi connectivity index (χ2n) is 31.7.